The molecule has 0 bridgehead atoms. The van der Waals surface area contributed by atoms with Crippen LogP contribution in [-0.2, 0) is 4.74 Å². The lowest BCUT2D eigenvalue weighted by molar-refractivity contribution is 0.260. The highest BCUT2D eigenvalue weighted by Crippen LogP contribution is 2.37. The number of rotatable bonds is 4. The van der Waals surface area contributed by atoms with Gasteiger partial charge in [0.05, 0.1) is 15.6 Å². The van der Waals surface area contributed by atoms with E-state index < -0.39 is 0 Å². The predicted octanol–water partition coefficient (Wildman–Crippen LogP) is 4.11. The number of ether oxygens (including phenoxy) is 2. The van der Waals surface area contributed by atoms with Crippen LogP contribution in [0.2, 0.25) is 0 Å². The minimum Gasteiger partial charge on any atom is -0.488 e. The second-order valence-electron chi connectivity index (χ2n) is 4.23. The Hall–Kier alpha value is -0.0600. The van der Waals surface area contributed by atoms with Crippen LogP contribution in [0.15, 0.2) is 21.1 Å². The first-order chi connectivity index (χ1) is 7.58. The van der Waals surface area contributed by atoms with Gasteiger partial charge < -0.3 is 9.47 Å². The molecular formula is C12H14Br2O2. The van der Waals surface area contributed by atoms with Crippen molar-refractivity contribution in [2.24, 2.45) is 0 Å². The standard InChI is InChI=1S/C12H14Br2O2/c1-7(2)8-3-10(13)12(11(14)4-8)16-6-9-5-15-9/h3-4,7,9H,5-6H2,1-2H3. The van der Waals surface area contributed by atoms with Gasteiger partial charge in [-0.25, -0.2) is 0 Å². The summed E-state index contributed by atoms with van der Waals surface area (Å²) in [5, 5.41) is 0. The molecule has 1 heterocycles. The Morgan fingerprint density at radius 1 is 1.38 bits per heavy atom. The van der Waals surface area contributed by atoms with E-state index in [1.54, 1.807) is 0 Å². The molecule has 1 saturated heterocycles. The highest BCUT2D eigenvalue weighted by atomic mass is 79.9. The molecular weight excluding hydrogens is 336 g/mol. The molecule has 2 rings (SSSR count). The maximum Gasteiger partial charge on any atom is 0.147 e. The molecule has 0 N–H and O–H groups in total. The van der Waals surface area contributed by atoms with Gasteiger partial charge in [0, 0.05) is 0 Å². The average molecular weight is 350 g/mol. The van der Waals surface area contributed by atoms with Crippen LogP contribution >= 0.6 is 31.9 Å². The van der Waals surface area contributed by atoms with E-state index in [0.29, 0.717) is 12.5 Å². The summed E-state index contributed by atoms with van der Waals surface area (Å²) in [4.78, 5) is 0. The zero-order chi connectivity index (χ0) is 11.7. The molecule has 0 aromatic heterocycles. The van der Waals surface area contributed by atoms with Gasteiger partial charge in [0.1, 0.15) is 18.5 Å². The molecule has 0 aliphatic carbocycles. The summed E-state index contributed by atoms with van der Waals surface area (Å²) in [5.41, 5.74) is 1.29. The van der Waals surface area contributed by atoms with Gasteiger partial charge in [-0.05, 0) is 55.5 Å². The molecule has 1 unspecified atom stereocenters. The molecule has 0 amide bonds. The van der Waals surface area contributed by atoms with E-state index >= 15 is 0 Å². The highest BCUT2D eigenvalue weighted by Gasteiger charge is 2.24. The maximum absolute atomic E-state index is 5.71. The Balaban J connectivity index is 2.16. The van der Waals surface area contributed by atoms with Crippen LogP contribution in [0, 0.1) is 0 Å². The molecule has 1 aliphatic heterocycles. The number of benzene rings is 1. The first kappa shape index (κ1) is 12.4. The predicted molar refractivity (Wildman–Crippen MR) is 71.2 cm³/mol. The van der Waals surface area contributed by atoms with Crippen molar-refractivity contribution in [3.63, 3.8) is 0 Å². The second-order valence-corrected chi connectivity index (χ2v) is 5.94. The lowest BCUT2D eigenvalue weighted by Gasteiger charge is -2.13. The number of epoxide rings is 1. The Morgan fingerprint density at radius 3 is 2.38 bits per heavy atom. The third-order valence-corrected chi connectivity index (χ3v) is 3.68. The van der Waals surface area contributed by atoms with Gasteiger partial charge in [0.2, 0.25) is 0 Å². The summed E-state index contributed by atoms with van der Waals surface area (Å²) in [6, 6.07) is 4.22. The molecule has 0 saturated carbocycles. The molecule has 88 valence electrons. The topological polar surface area (TPSA) is 21.8 Å². The molecule has 1 aromatic rings. The van der Waals surface area contributed by atoms with Crippen molar-refractivity contribution in [2.75, 3.05) is 13.2 Å². The van der Waals surface area contributed by atoms with Crippen molar-refractivity contribution in [3.8, 4) is 5.75 Å². The van der Waals surface area contributed by atoms with E-state index in [0.717, 1.165) is 21.3 Å². The zero-order valence-corrected chi connectivity index (χ0v) is 12.5. The van der Waals surface area contributed by atoms with Crippen molar-refractivity contribution in [1.29, 1.82) is 0 Å². The normalized spacial score (nSPS) is 18.9. The van der Waals surface area contributed by atoms with Gasteiger partial charge in [0.25, 0.3) is 0 Å². The van der Waals surface area contributed by atoms with E-state index in [4.69, 9.17) is 9.47 Å². The number of halogens is 2. The summed E-state index contributed by atoms with van der Waals surface area (Å²) < 4.78 is 12.8. The first-order valence-electron chi connectivity index (χ1n) is 5.31. The van der Waals surface area contributed by atoms with Crippen LogP contribution in [-0.4, -0.2) is 19.3 Å². The molecule has 4 heteroatoms. The van der Waals surface area contributed by atoms with Crippen LogP contribution in [0.4, 0.5) is 0 Å². The van der Waals surface area contributed by atoms with Crippen LogP contribution in [0.5, 0.6) is 5.75 Å². The third kappa shape index (κ3) is 2.99. The summed E-state index contributed by atoms with van der Waals surface area (Å²) in [6.07, 6.45) is 0.281. The van der Waals surface area contributed by atoms with Gasteiger partial charge in [-0.1, -0.05) is 13.8 Å². The monoisotopic (exact) mass is 348 g/mol. The minimum absolute atomic E-state index is 0.281. The van der Waals surface area contributed by atoms with Gasteiger partial charge in [0.15, 0.2) is 0 Å². The summed E-state index contributed by atoms with van der Waals surface area (Å²) >= 11 is 7.08. The third-order valence-electron chi connectivity index (χ3n) is 2.50. The van der Waals surface area contributed by atoms with Crippen molar-refractivity contribution >= 4 is 31.9 Å². The van der Waals surface area contributed by atoms with E-state index in [2.05, 4.69) is 57.8 Å². The quantitative estimate of drug-likeness (QED) is 0.763. The van der Waals surface area contributed by atoms with Crippen molar-refractivity contribution < 1.29 is 9.47 Å². The first-order valence-corrected chi connectivity index (χ1v) is 6.90. The van der Waals surface area contributed by atoms with E-state index in [-0.39, 0.29) is 6.10 Å². The lowest BCUT2D eigenvalue weighted by Crippen LogP contribution is -2.05. The minimum atomic E-state index is 0.281. The second kappa shape index (κ2) is 5.07. The Labute approximate surface area is 113 Å². The van der Waals surface area contributed by atoms with Crippen molar-refractivity contribution in [3.05, 3.63) is 26.6 Å². The summed E-state index contributed by atoms with van der Waals surface area (Å²) in [5.74, 6) is 1.37. The SMILES string of the molecule is CC(C)c1cc(Br)c(OCC2CO2)c(Br)c1. The number of hydrogen-bond donors (Lipinski definition) is 0. The molecule has 0 spiro atoms. The van der Waals surface area contributed by atoms with Crippen molar-refractivity contribution in [1.82, 2.24) is 0 Å². The molecule has 1 aromatic carbocycles. The van der Waals surface area contributed by atoms with Gasteiger partial charge in [-0.2, -0.15) is 0 Å². The molecule has 1 atom stereocenters. The Bertz CT molecular complexity index is 364. The van der Waals surface area contributed by atoms with Gasteiger partial charge >= 0.3 is 0 Å². The fraction of sp³-hybridized carbons (Fsp3) is 0.500. The largest absolute Gasteiger partial charge is 0.488 e. The van der Waals surface area contributed by atoms with E-state index in [9.17, 15) is 0 Å². The summed E-state index contributed by atoms with van der Waals surface area (Å²) in [6.45, 7) is 5.79. The Kier molecular flexibility index (Phi) is 3.93. The van der Waals surface area contributed by atoms with Crippen LogP contribution in [0.1, 0.15) is 25.3 Å². The van der Waals surface area contributed by atoms with E-state index in [1.165, 1.54) is 5.56 Å². The van der Waals surface area contributed by atoms with E-state index in [1.807, 2.05) is 0 Å². The van der Waals surface area contributed by atoms with Crippen molar-refractivity contribution in [2.45, 2.75) is 25.9 Å². The van der Waals surface area contributed by atoms with Crippen LogP contribution in [0.25, 0.3) is 0 Å². The van der Waals surface area contributed by atoms with Gasteiger partial charge in [-0.3, -0.25) is 0 Å². The molecule has 1 fully saturated rings. The highest BCUT2D eigenvalue weighted by molar-refractivity contribution is 9.11. The van der Waals surface area contributed by atoms with Crippen LogP contribution in [0.3, 0.4) is 0 Å². The number of hydrogen-bond acceptors (Lipinski definition) is 2. The maximum atomic E-state index is 5.71. The smallest absolute Gasteiger partial charge is 0.147 e. The average Bonchev–Trinajstić information content (AvgIpc) is 2.99. The molecule has 16 heavy (non-hydrogen) atoms. The van der Waals surface area contributed by atoms with Crippen LogP contribution < -0.4 is 4.74 Å². The Morgan fingerprint density at radius 2 is 1.94 bits per heavy atom. The molecule has 2 nitrogen and oxygen atoms in total. The fourth-order valence-electron chi connectivity index (χ4n) is 1.39. The van der Waals surface area contributed by atoms with Gasteiger partial charge in [-0.15, -0.1) is 0 Å². The zero-order valence-electron chi connectivity index (χ0n) is 9.30. The summed E-state index contributed by atoms with van der Waals surface area (Å²) in [7, 11) is 0. The fourth-order valence-corrected chi connectivity index (χ4v) is 2.84. The molecule has 1 aliphatic rings. The molecule has 0 radical (unpaired) electrons. The lowest BCUT2D eigenvalue weighted by atomic mass is 10.0.